The van der Waals surface area contributed by atoms with Crippen molar-refractivity contribution in [3.05, 3.63) is 12.7 Å². The van der Waals surface area contributed by atoms with Crippen molar-refractivity contribution in [2.24, 2.45) is 0 Å². The number of allylic oxidation sites excluding steroid dienone is 1. The molecule has 1 aliphatic rings. The molecule has 0 spiro atoms. The molecule has 13 heavy (non-hydrogen) atoms. The SMILES string of the molecule is C=CCCC(=O)CNC1CCCC1. The second kappa shape index (κ2) is 5.92. The molecule has 0 heterocycles. The molecular formula is C11H19NO. The Morgan fingerprint density at radius 1 is 1.46 bits per heavy atom. The van der Waals surface area contributed by atoms with Crippen molar-refractivity contribution >= 4 is 5.78 Å². The standard InChI is InChI=1S/C11H19NO/c1-2-3-8-11(13)9-12-10-6-4-5-7-10/h2,10,12H,1,3-9H2. The minimum Gasteiger partial charge on any atom is -0.307 e. The van der Waals surface area contributed by atoms with Gasteiger partial charge in [-0.3, -0.25) is 4.79 Å². The van der Waals surface area contributed by atoms with E-state index < -0.39 is 0 Å². The molecule has 0 saturated heterocycles. The van der Waals surface area contributed by atoms with E-state index in [4.69, 9.17) is 0 Å². The lowest BCUT2D eigenvalue weighted by Gasteiger charge is -2.10. The average molecular weight is 181 g/mol. The monoisotopic (exact) mass is 181 g/mol. The smallest absolute Gasteiger partial charge is 0.146 e. The number of hydrogen-bond donors (Lipinski definition) is 1. The molecule has 0 bridgehead atoms. The summed E-state index contributed by atoms with van der Waals surface area (Å²) in [6.07, 6.45) is 8.38. The Kier molecular flexibility index (Phi) is 4.76. The van der Waals surface area contributed by atoms with Gasteiger partial charge in [0.15, 0.2) is 0 Å². The van der Waals surface area contributed by atoms with Gasteiger partial charge in [-0.2, -0.15) is 0 Å². The van der Waals surface area contributed by atoms with E-state index in [0.29, 0.717) is 24.8 Å². The lowest BCUT2D eigenvalue weighted by molar-refractivity contribution is -0.118. The summed E-state index contributed by atoms with van der Waals surface area (Å²) in [6, 6.07) is 0.604. The van der Waals surface area contributed by atoms with Crippen molar-refractivity contribution in [1.29, 1.82) is 0 Å². The van der Waals surface area contributed by atoms with Gasteiger partial charge >= 0.3 is 0 Å². The van der Waals surface area contributed by atoms with Crippen LogP contribution in [0.4, 0.5) is 0 Å². The van der Waals surface area contributed by atoms with Crippen LogP contribution in [0.2, 0.25) is 0 Å². The fraction of sp³-hybridized carbons (Fsp3) is 0.727. The van der Waals surface area contributed by atoms with E-state index in [9.17, 15) is 4.79 Å². The lowest BCUT2D eigenvalue weighted by atomic mass is 10.2. The molecule has 74 valence electrons. The highest BCUT2D eigenvalue weighted by molar-refractivity contribution is 5.80. The van der Waals surface area contributed by atoms with Crippen molar-refractivity contribution in [2.45, 2.75) is 44.6 Å². The van der Waals surface area contributed by atoms with E-state index in [1.54, 1.807) is 6.08 Å². The fourth-order valence-corrected chi connectivity index (χ4v) is 1.74. The molecule has 1 aliphatic carbocycles. The van der Waals surface area contributed by atoms with Crippen LogP contribution in [0.25, 0.3) is 0 Å². The summed E-state index contributed by atoms with van der Waals surface area (Å²) >= 11 is 0. The van der Waals surface area contributed by atoms with E-state index in [1.807, 2.05) is 0 Å². The first-order chi connectivity index (χ1) is 6.33. The molecule has 0 unspecified atom stereocenters. The average Bonchev–Trinajstić information content (AvgIpc) is 2.64. The van der Waals surface area contributed by atoms with Crippen molar-refractivity contribution in [1.82, 2.24) is 5.32 Å². The van der Waals surface area contributed by atoms with Crippen LogP contribution in [0.1, 0.15) is 38.5 Å². The first-order valence-electron chi connectivity index (χ1n) is 5.19. The second-order valence-electron chi connectivity index (χ2n) is 3.73. The van der Waals surface area contributed by atoms with E-state index in [0.717, 1.165) is 6.42 Å². The van der Waals surface area contributed by atoms with Gasteiger partial charge in [0.1, 0.15) is 5.78 Å². The normalized spacial score (nSPS) is 17.5. The van der Waals surface area contributed by atoms with Gasteiger partial charge in [-0.25, -0.2) is 0 Å². The van der Waals surface area contributed by atoms with E-state index >= 15 is 0 Å². The molecule has 0 aromatic heterocycles. The van der Waals surface area contributed by atoms with Gasteiger partial charge in [-0.05, 0) is 19.3 Å². The summed E-state index contributed by atoms with van der Waals surface area (Å²) in [7, 11) is 0. The number of Topliss-reactive ketones (excluding diaryl/α,β-unsaturated/α-hetero) is 1. The Bertz CT molecular complexity index is 171. The quantitative estimate of drug-likeness (QED) is 0.635. The number of nitrogens with one attached hydrogen (secondary N) is 1. The third-order valence-corrected chi connectivity index (χ3v) is 2.57. The van der Waals surface area contributed by atoms with Crippen LogP contribution in [0.3, 0.4) is 0 Å². The molecule has 2 nitrogen and oxygen atoms in total. The highest BCUT2D eigenvalue weighted by atomic mass is 16.1. The number of rotatable bonds is 6. The summed E-state index contributed by atoms with van der Waals surface area (Å²) in [5.41, 5.74) is 0. The summed E-state index contributed by atoms with van der Waals surface area (Å²) < 4.78 is 0. The first-order valence-corrected chi connectivity index (χ1v) is 5.19. The van der Waals surface area contributed by atoms with Gasteiger partial charge in [0, 0.05) is 12.5 Å². The van der Waals surface area contributed by atoms with Crippen molar-refractivity contribution < 1.29 is 4.79 Å². The zero-order chi connectivity index (χ0) is 9.52. The minimum atomic E-state index is 0.312. The molecule has 0 aromatic carbocycles. The molecule has 0 atom stereocenters. The van der Waals surface area contributed by atoms with Crippen molar-refractivity contribution in [2.75, 3.05) is 6.54 Å². The maximum Gasteiger partial charge on any atom is 0.146 e. The Balaban J connectivity index is 2.03. The Labute approximate surface area is 80.4 Å². The Morgan fingerprint density at radius 3 is 2.77 bits per heavy atom. The molecule has 0 amide bonds. The highest BCUT2D eigenvalue weighted by Gasteiger charge is 2.14. The van der Waals surface area contributed by atoms with Crippen LogP contribution in [0.15, 0.2) is 12.7 Å². The second-order valence-corrected chi connectivity index (χ2v) is 3.73. The Hall–Kier alpha value is -0.630. The summed E-state index contributed by atoms with van der Waals surface area (Å²) in [4.78, 5) is 11.2. The zero-order valence-electron chi connectivity index (χ0n) is 8.22. The molecule has 1 N–H and O–H groups in total. The van der Waals surface area contributed by atoms with Crippen LogP contribution < -0.4 is 5.32 Å². The Morgan fingerprint density at radius 2 is 2.15 bits per heavy atom. The van der Waals surface area contributed by atoms with Crippen LogP contribution >= 0.6 is 0 Å². The zero-order valence-corrected chi connectivity index (χ0v) is 8.22. The minimum absolute atomic E-state index is 0.312. The van der Waals surface area contributed by atoms with Crippen LogP contribution in [-0.4, -0.2) is 18.4 Å². The highest BCUT2D eigenvalue weighted by Crippen LogP contribution is 2.17. The van der Waals surface area contributed by atoms with Gasteiger partial charge in [-0.1, -0.05) is 18.9 Å². The number of carbonyl (C=O) groups excluding carboxylic acids is 1. The summed E-state index contributed by atoms with van der Waals surface area (Å²) in [5, 5.41) is 3.31. The summed E-state index contributed by atoms with van der Waals surface area (Å²) in [5.74, 6) is 0.312. The number of carbonyl (C=O) groups is 1. The molecule has 0 aliphatic heterocycles. The van der Waals surface area contributed by atoms with Crippen LogP contribution in [0, 0.1) is 0 Å². The summed E-state index contributed by atoms with van der Waals surface area (Å²) in [6.45, 7) is 4.15. The third-order valence-electron chi connectivity index (χ3n) is 2.57. The van der Waals surface area contributed by atoms with Crippen LogP contribution in [0.5, 0.6) is 0 Å². The van der Waals surface area contributed by atoms with Crippen molar-refractivity contribution in [3.8, 4) is 0 Å². The predicted octanol–water partition coefficient (Wildman–Crippen LogP) is 2.05. The van der Waals surface area contributed by atoms with Gasteiger partial charge in [0.25, 0.3) is 0 Å². The third kappa shape index (κ3) is 4.23. The predicted molar refractivity (Wildman–Crippen MR) is 54.7 cm³/mol. The van der Waals surface area contributed by atoms with E-state index in [-0.39, 0.29) is 0 Å². The molecule has 1 saturated carbocycles. The number of hydrogen-bond acceptors (Lipinski definition) is 2. The maximum atomic E-state index is 11.2. The molecular weight excluding hydrogens is 162 g/mol. The lowest BCUT2D eigenvalue weighted by Crippen LogP contribution is -2.31. The number of ketones is 1. The topological polar surface area (TPSA) is 29.1 Å². The van der Waals surface area contributed by atoms with E-state index in [1.165, 1.54) is 25.7 Å². The molecule has 2 heteroatoms. The molecule has 0 radical (unpaired) electrons. The fourth-order valence-electron chi connectivity index (χ4n) is 1.74. The molecule has 1 fully saturated rings. The van der Waals surface area contributed by atoms with Crippen LogP contribution in [-0.2, 0) is 4.79 Å². The van der Waals surface area contributed by atoms with Crippen molar-refractivity contribution in [3.63, 3.8) is 0 Å². The molecule has 0 aromatic rings. The van der Waals surface area contributed by atoms with Gasteiger partial charge in [-0.15, -0.1) is 6.58 Å². The van der Waals surface area contributed by atoms with E-state index in [2.05, 4.69) is 11.9 Å². The maximum absolute atomic E-state index is 11.2. The largest absolute Gasteiger partial charge is 0.307 e. The first kappa shape index (κ1) is 10.5. The van der Waals surface area contributed by atoms with Gasteiger partial charge in [0.2, 0.25) is 0 Å². The van der Waals surface area contributed by atoms with Gasteiger partial charge in [0.05, 0.1) is 6.54 Å². The van der Waals surface area contributed by atoms with Gasteiger partial charge < -0.3 is 5.32 Å². The molecule has 1 rings (SSSR count).